The molecule has 12 heteroatoms. The fraction of sp³-hybridized carbons (Fsp3) is 0.381. The van der Waals surface area contributed by atoms with E-state index in [1.165, 1.54) is 51.9 Å². The van der Waals surface area contributed by atoms with Crippen molar-refractivity contribution in [1.82, 2.24) is 9.21 Å². The molecule has 0 bridgehead atoms. The van der Waals surface area contributed by atoms with Gasteiger partial charge in [-0.25, -0.2) is 13.2 Å². The second-order valence-corrected chi connectivity index (χ2v) is 10.8. The highest BCUT2D eigenvalue weighted by Gasteiger charge is 2.30. The first-order valence-corrected chi connectivity index (χ1v) is 12.7. The molecule has 2 aliphatic rings. The zero-order valence-corrected chi connectivity index (χ0v) is 19.6. The number of methoxy groups -OCH3 is 1. The molecule has 3 N–H and O–H groups in total. The summed E-state index contributed by atoms with van der Waals surface area (Å²) >= 11 is 1.18. The standard InChI is InChI=1S/C21H24N4O6S2/c1-31-21(28)24-11-8-15-16(12-24)32-20(17(15)18(22)26)23-19(27)13-4-6-14(7-5-13)33(29,30)25-9-2-3-10-25/h4-7H,2-3,8-12H2,1H3,(H2,22,26)(H,23,27). The van der Waals surface area contributed by atoms with E-state index >= 15 is 0 Å². The molecule has 1 saturated heterocycles. The van der Waals surface area contributed by atoms with Gasteiger partial charge in [0.05, 0.1) is 24.1 Å². The Hall–Kier alpha value is -2.96. The van der Waals surface area contributed by atoms with Gasteiger partial charge in [0.1, 0.15) is 5.00 Å². The smallest absolute Gasteiger partial charge is 0.409 e. The third-order valence-electron chi connectivity index (χ3n) is 5.78. The van der Waals surface area contributed by atoms with Gasteiger partial charge in [-0.1, -0.05) is 0 Å². The van der Waals surface area contributed by atoms with Crippen LogP contribution in [0.15, 0.2) is 29.2 Å². The van der Waals surface area contributed by atoms with E-state index in [1.54, 1.807) is 0 Å². The van der Waals surface area contributed by atoms with Crippen molar-refractivity contribution in [2.45, 2.75) is 30.7 Å². The Morgan fingerprint density at radius 3 is 2.36 bits per heavy atom. The summed E-state index contributed by atoms with van der Waals surface area (Å²) in [5.41, 5.74) is 6.78. The number of thiophene rings is 1. The Balaban J connectivity index is 1.54. The van der Waals surface area contributed by atoms with Crippen molar-refractivity contribution in [3.63, 3.8) is 0 Å². The number of amides is 3. The summed E-state index contributed by atoms with van der Waals surface area (Å²) in [5, 5.41) is 3.02. The first kappa shape index (κ1) is 23.2. The van der Waals surface area contributed by atoms with Crippen LogP contribution in [-0.4, -0.2) is 62.3 Å². The normalized spacial score (nSPS) is 16.3. The van der Waals surface area contributed by atoms with Crippen molar-refractivity contribution < 1.29 is 27.5 Å². The van der Waals surface area contributed by atoms with E-state index in [2.05, 4.69) is 5.32 Å². The Kier molecular flexibility index (Phi) is 6.41. The van der Waals surface area contributed by atoms with Crippen molar-refractivity contribution in [2.24, 2.45) is 5.73 Å². The zero-order chi connectivity index (χ0) is 23.8. The van der Waals surface area contributed by atoms with Crippen molar-refractivity contribution in [1.29, 1.82) is 0 Å². The number of carbonyl (C=O) groups is 3. The highest BCUT2D eigenvalue weighted by atomic mass is 32.2. The van der Waals surface area contributed by atoms with E-state index in [4.69, 9.17) is 10.5 Å². The number of rotatable bonds is 5. The molecule has 4 rings (SSSR count). The first-order valence-electron chi connectivity index (χ1n) is 10.4. The first-order chi connectivity index (χ1) is 15.7. The predicted octanol–water partition coefficient (Wildman–Crippen LogP) is 2.01. The molecule has 1 aromatic heterocycles. The molecule has 0 spiro atoms. The molecule has 2 aromatic rings. The van der Waals surface area contributed by atoms with E-state index in [0.29, 0.717) is 31.1 Å². The SMILES string of the molecule is COC(=O)N1CCc2c(sc(NC(=O)c3ccc(S(=O)(=O)N4CCCC4)cc3)c2C(N)=O)C1. The zero-order valence-electron chi connectivity index (χ0n) is 18.0. The number of primary amides is 1. The molecule has 0 radical (unpaired) electrons. The molecule has 0 unspecified atom stereocenters. The van der Waals surface area contributed by atoms with Crippen LogP contribution in [0.4, 0.5) is 9.80 Å². The number of hydrogen-bond acceptors (Lipinski definition) is 7. The van der Waals surface area contributed by atoms with Crippen LogP contribution in [0, 0.1) is 0 Å². The van der Waals surface area contributed by atoms with Crippen LogP contribution in [0.2, 0.25) is 0 Å². The summed E-state index contributed by atoms with van der Waals surface area (Å²) in [5.74, 6) is -1.16. The van der Waals surface area contributed by atoms with Gasteiger partial charge < -0.3 is 20.7 Å². The van der Waals surface area contributed by atoms with Crippen LogP contribution in [0.25, 0.3) is 0 Å². The monoisotopic (exact) mass is 492 g/mol. The van der Waals surface area contributed by atoms with E-state index in [-0.39, 0.29) is 22.6 Å². The molecular formula is C21H24N4O6S2. The molecule has 0 atom stereocenters. The minimum atomic E-state index is -3.57. The summed E-state index contributed by atoms with van der Waals surface area (Å²) < 4.78 is 31.5. The maximum Gasteiger partial charge on any atom is 0.409 e. The van der Waals surface area contributed by atoms with Gasteiger partial charge in [-0.05, 0) is 49.1 Å². The number of ether oxygens (including phenoxy) is 1. The van der Waals surface area contributed by atoms with Gasteiger partial charge in [0, 0.05) is 30.1 Å². The third kappa shape index (κ3) is 4.45. The number of nitrogens with zero attached hydrogens (tertiary/aromatic N) is 2. The number of benzene rings is 1. The van der Waals surface area contributed by atoms with Crippen molar-refractivity contribution in [3.8, 4) is 0 Å². The number of hydrogen-bond donors (Lipinski definition) is 2. The van der Waals surface area contributed by atoms with Gasteiger partial charge in [-0.2, -0.15) is 4.31 Å². The highest BCUT2D eigenvalue weighted by Crippen LogP contribution is 2.37. The summed E-state index contributed by atoms with van der Waals surface area (Å²) in [4.78, 5) is 39.2. The molecular weight excluding hydrogens is 468 g/mol. The average molecular weight is 493 g/mol. The Morgan fingerprint density at radius 1 is 1.09 bits per heavy atom. The molecule has 3 amide bonds. The molecule has 0 saturated carbocycles. The molecule has 33 heavy (non-hydrogen) atoms. The van der Waals surface area contributed by atoms with Gasteiger partial charge in [-0.3, -0.25) is 9.59 Å². The Morgan fingerprint density at radius 2 is 1.76 bits per heavy atom. The minimum Gasteiger partial charge on any atom is -0.453 e. The number of anilines is 1. The molecule has 176 valence electrons. The van der Waals surface area contributed by atoms with E-state index in [9.17, 15) is 22.8 Å². The fourth-order valence-electron chi connectivity index (χ4n) is 4.07. The van der Waals surface area contributed by atoms with Gasteiger partial charge in [-0.15, -0.1) is 11.3 Å². The number of fused-ring (bicyclic) bond motifs is 1. The number of sulfonamides is 1. The average Bonchev–Trinajstić information content (AvgIpc) is 3.46. The third-order valence-corrected chi connectivity index (χ3v) is 8.83. The second kappa shape index (κ2) is 9.12. The largest absolute Gasteiger partial charge is 0.453 e. The molecule has 1 aromatic carbocycles. The molecule has 0 aliphatic carbocycles. The van der Waals surface area contributed by atoms with Gasteiger partial charge in [0.25, 0.3) is 11.8 Å². The van der Waals surface area contributed by atoms with Crippen LogP contribution in [0.3, 0.4) is 0 Å². The number of nitrogens with two attached hydrogens (primary N) is 1. The number of nitrogens with one attached hydrogen (secondary N) is 1. The number of carbonyl (C=O) groups excluding carboxylic acids is 3. The van der Waals surface area contributed by atoms with Crippen LogP contribution >= 0.6 is 11.3 Å². The minimum absolute atomic E-state index is 0.133. The molecule has 2 aliphatic heterocycles. The lowest BCUT2D eigenvalue weighted by molar-refractivity contribution is 0.0999. The Bertz CT molecular complexity index is 1200. The summed E-state index contributed by atoms with van der Waals surface area (Å²) in [7, 11) is -2.27. The van der Waals surface area contributed by atoms with Crippen LogP contribution < -0.4 is 11.1 Å². The highest BCUT2D eigenvalue weighted by molar-refractivity contribution is 7.89. The predicted molar refractivity (Wildman–Crippen MR) is 122 cm³/mol. The lowest BCUT2D eigenvalue weighted by atomic mass is 10.0. The fourth-order valence-corrected chi connectivity index (χ4v) is 6.85. The summed E-state index contributed by atoms with van der Waals surface area (Å²) in [6.07, 6.45) is 1.62. The van der Waals surface area contributed by atoms with Crippen LogP contribution in [0.5, 0.6) is 0 Å². The Labute approximate surface area is 195 Å². The van der Waals surface area contributed by atoms with Crippen molar-refractivity contribution >= 4 is 44.3 Å². The topological polar surface area (TPSA) is 139 Å². The maximum atomic E-state index is 12.8. The summed E-state index contributed by atoms with van der Waals surface area (Å²) in [6, 6.07) is 5.69. The quantitative estimate of drug-likeness (QED) is 0.655. The van der Waals surface area contributed by atoms with Gasteiger partial charge >= 0.3 is 6.09 Å². The van der Waals surface area contributed by atoms with Gasteiger partial charge in [0.2, 0.25) is 10.0 Å². The summed E-state index contributed by atoms with van der Waals surface area (Å²) in [6.45, 7) is 1.62. The lowest BCUT2D eigenvalue weighted by Crippen LogP contribution is -2.35. The molecule has 10 nitrogen and oxygen atoms in total. The van der Waals surface area contributed by atoms with E-state index in [0.717, 1.165) is 23.3 Å². The van der Waals surface area contributed by atoms with Gasteiger partial charge in [0.15, 0.2) is 0 Å². The van der Waals surface area contributed by atoms with E-state index < -0.39 is 27.9 Å². The molecule has 1 fully saturated rings. The second-order valence-electron chi connectivity index (χ2n) is 7.80. The maximum absolute atomic E-state index is 12.8. The van der Waals surface area contributed by atoms with Crippen molar-refractivity contribution in [2.75, 3.05) is 32.1 Å². The van der Waals surface area contributed by atoms with E-state index in [1.807, 2.05) is 0 Å². The lowest BCUT2D eigenvalue weighted by Gasteiger charge is -2.25. The van der Waals surface area contributed by atoms with Crippen LogP contribution in [-0.2, 0) is 27.7 Å². The van der Waals surface area contributed by atoms with Crippen LogP contribution in [0.1, 0.15) is 44.0 Å². The molecule has 3 heterocycles. The van der Waals surface area contributed by atoms with Crippen molar-refractivity contribution in [3.05, 3.63) is 45.8 Å².